The Hall–Kier alpha value is -2.86. The number of hydrogen-bond acceptors (Lipinski definition) is 5. The summed E-state index contributed by atoms with van der Waals surface area (Å²) >= 11 is 1.39. The van der Waals surface area contributed by atoms with Crippen molar-refractivity contribution >= 4 is 22.4 Å². The van der Waals surface area contributed by atoms with Gasteiger partial charge in [0.05, 0.1) is 19.9 Å². The minimum atomic E-state index is -0.259. The molecule has 5 nitrogen and oxygen atoms in total. The predicted octanol–water partition coefficient (Wildman–Crippen LogP) is 5.69. The number of anilines is 1. The lowest BCUT2D eigenvalue weighted by Gasteiger charge is -2.18. The normalized spacial score (nSPS) is 11.2. The minimum Gasteiger partial charge on any atom is -0.496 e. The summed E-state index contributed by atoms with van der Waals surface area (Å²) < 4.78 is 10.7. The van der Waals surface area contributed by atoms with Gasteiger partial charge in [0.1, 0.15) is 11.5 Å². The van der Waals surface area contributed by atoms with Gasteiger partial charge in [-0.2, -0.15) is 0 Å². The maximum Gasteiger partial charge on any atom is 0.257 e. The molecule has 1 heterocycles. The van der Waals surface area contributed by atoms with E-state index in [9.17, 15) is 4.79 Å². The van der Waals surface area contributed by atoms with Gasteiger partial charge in [-0.1, -0.05) is 45.0 Å². The topological polar surface area (TPSA) is 60.5 Å². The summed E-state index contributed by atoms with van der Waals surface area (Å²) in [4.78, 5) is 17.3. The van der Waals surface area contributed by atoms with Crippen molar-refractivity contribution in [2.45, 2.75) is 33.1 Å². The van der Waals surface area contributed by atoms with E-state index in [2.05, 4.69) is 55.3 Å². The molecule has 1 amide bonds. The van der Waals surface area contributed by atoms with E-state index >= 15 is 0 Å². The van der Waals surface area contributed by atoms with E-state index in [0.717, 1.165) is 16.8 Å². The third-order valence-corrected chi connectivity index (χ3v) is 5.54. The zero-order chi connectivity index (χ0) is 21.2. The number of rotatable bonds is 5. The number of hydrogen-bond donors (Lipinski definition) is 1. The molecule has 2 aromatic carbocycles. The molecule has 0 unspecified atom stereocenters. The van der Waals surface area contributed by atoms with E-state index in [1.54, 1.807) is 26.4 Å². The Morgan fingerprint density at radius 1 is 1.03 bits per heavy atom. The fourth-order valence-electron chi connectivity index (χ4n) is 2.99. The Balaban J connectivity index is 1.79. The van der Waals surface area contributed by atoms with Gasteiger partial charge < -0.3 is 9.47 Å². The molecule has 0 radical (unpaired) electrons. The second-order valence-electron chi connectivity index (χ2n) is 7.83. The molecule has 0 aliphatic heterocycles. The van der Waals surface area contributed by atoms with Crippen molar-refractivity contribution in [3.63, 3.8) is 0 Å². The number of aromatic nitrogens is 1. The van der Waals surface area contributed by atoms with Gasteiger partial charge in [0.2, 0.25) is 0 Å². The number of carbonyl (C=O) groups is 1. The predicted molar refractivity (Wildman–Crippen MR) is 118 cm³/mol. The second kappa shape index (κ2) is 8.25. The van der Waals surface area contributed by atoms with Crippen LogP contribution in [0.3, 0.4) is 0 Å². The molecule has 0 fully saturated rings. The van der Waals surface area contributed by atoms with Gasteiger partial charge in [-0.15, -0.1) is 11.3 Å². The molecule has 152 valence electrons. The van der Waals surface area contributed by atoms with Crippen molar-refractivity contribution in [2.24, 2.45) is 0 Å². The fraction of sp³-hybridized carbons (Fsp3) is 0.304. The first-order valence-corrected chi connectivity index (χ1v) is 10.2. The van der Waals surface area contributed by atoms with Gasteiger partial charge in [0, 0.05) is 22.1 Å². The van der Waals surface area contributed by atoms with Crippen LogP contribution in [0.2, 0.25) is 0 Å². The molecule has 1 aromatic heterocycles. The van der Waals surface area contributed by atoms with Crippen molar-refractivity contribution < 1.29 is 14.3 Å². The minimum absolute atomic E-state index is 0.107. The number of nitrogens with zero attached hydrogens (tertiary/aromatic N) is 1. The number of thiazole rings is 1. The summed E-state index contributed by atoms with van der Waals surface area (Å²) in [5.41, 5.74) is 4.54. The third kappa shape index (κ3) is 4.59. The van der Waals surface area contributed by atoms with Gasteiger partial charge in [0.25, 0.3) is 5.91 Å². The van der Waals surface area contributed by atoms with E-state index in [4.69, 9.17) is 9.47 Å². The maximum absolute atomic E-state index is 12.7. The standard InChI is InChI=1S/C23H26N2O3S/c1-14-19(27-5)11-16(12-20(14)28-6)21(26)25-22-24-18(13-29-22)15-7-9-17(10-8-15)23(2,3)4/h7-13H,1-6H3,(H,24,25,26). The highest BCUT2D eigenvalue weighted by atomic mass is 32.1. The molecular formula is C23H26N2O3S. The molecule has 1 N–H and O–H groups in total. The summed E-state index contributed by atoms with van der Waals surface area (Å²) in [5.74, 6) is 0.951. The molecular weight excluding hydrogens is 384 g/mol. The highest BCUT2D eigenvalue weighted by molar-refractivity contribution is 7.14. The molecule has 0 spiro atoms. The first-order valence-electron chi connectivity index (χ1n) is 9.33. The molecule has 29 heavy (non-hydrogen) atoms. The first kappa shape index (κ1) is 20.9. The van der Waals surface area contributed by atoms with Crippen LogP contribution in [-0.2, 0) is 5.41 Å². The molecule has 0 atom stereocenters. The molecule has 0 saturated heterocycles. The summed E-state index contributed by atoms with van der Waals surface area (Å²) in [6.45, 7) is 8.45. The van der Waals surface area contributed by atoms with Gasteiger partial charge in [0.15, 0.2) is 5.13 Å². The van der Waals surface area contributed by atoms with Gasteiger partial charge in [-0.3, -0.25) is 10.1 Å². The van der Waals surface area contributed by atoms with Crippen molar-refractivity contribution in [3.05, 3.63) is 58.5 Å². The molecule has 0 aliphatic rings. The van der Waals surface area contributed by atoms with E-state index < -0.39 is 0 Å². The SMILES string of the molecule is COc1cc(C(=O)Nc2nc(-c3ccc(C(C)(C)C)cc3)cs2)cc(OC)c1C. The average Bonchev–Trinajstić information content (AvgIpc) is 3.16. The zero-order valence-electron chi connectivity index (χ0n) is 17.6. The van der Waals surface area contributed by atoms with E-state index in [1.807, 2.05) is 12.3 Å². The smallest absolute Gasteiger partial charge is 0.257 e. The molecule has 3 aromatic rings. The van der Waals surface area contributed by atoms with Gasteiger partial charge in [-0.25, -0.2) is 4.98 Å². The molecule has 6 heteroatoms. The van der Waals surface area contributed by atoms with Crippen LogP contribution in [0.5, 0.6) is 11.5 Å². The fourth-order valence-corrected chi connectivity index (χ4v) is 3.71. The van der Waals surface area contributed by atoms with Crippen molar-refractivity contribution in [3.8, 4) is 22.8 Å². The van der Waals surface area contributed by atoms with Crippen LogP contribution in [0.15, 0.2) is 41.8 Å². The zero-order valence-corrected chi connectivity index (χ0v) is 18.4. The van der Waals surface area contributed by atoms with Crippen LogP contribution in [0.25, 0.3) is 11.3 Å². The summed E-state index contributed by atoms with van der Waals surface area (Å²) in [5, 5.41) is 5.35. The van der Waals surface area contributed by atoms with Crippen molar-refractivity contribution in [1.29, 1.82) is 0 Å². The van der Waals surface area contributed by atoms with Crippen LogP contribution < -0.4 is 14.8 Å². The number of methoxy groups -OCH3 is 2. The van der Waals surface area contributed by atoms with Crippen molar-refractivity contribution in [1.82, 2.24) is 4.98 Å². The van der Waals surface area contributed by atoms with Crippen LogP contribution in [0, 0.1) is 6.92 Å². The lowest BCUT2D eigenvalue weighted by molar-refractivity contribution is 0.102. The van der Waals surface area contributed by atoms with Crippen LogP contribution in [0.4, 0.5) is 5.13 Å². The lowest BCUT2D eigenvalue weighted by atomic mass is 9.86. The maximum atomic E-state index is 12.7. The number of ether oxygens (including phenoxy) is 2. The second-order valence-corrected chi connectivity index (χ2v) is 8.68. The Labute approximate surface area is 175 Å². The number of amides is 1. The monoisotopic (exact) mass is 410 g/mol. The molecule has 0 bridgehead atoms. The van der Waals surface area contributed by atoms with E-state index in [-0.39, 0.29) is 11.3 Å². The summed E-state index contributed by atoms with van der Waals surface area (Å²) in [6, 6.07) is 11.8. The third-order valence-electron chi connectivity index (χ3n) is 4.79. The summed E-state index contributed by atoms with van der Waals surface area (Å²) in [7, 11) is 3.14. The van der Waals surface area contributed by atoms with Gasteiger partial charge >= 0.3 is 0 Å². The Morgan fingerprint density at radius 3 is 2.14 bits per heavy atom. The average molecular weight is 411 g/mol. The number of nitrogens with one attached hydrogen (secondary N) is 1. The Bertz CT molecular complexity index is 992. The molecule has 0 saturated carbocycles. The Kier molecular flexibility index (Phi) is 5.94. The highest BCUT2D eigenvalue weighted by Crippen LogP contribution is 2.31. The number of benzene rings is 2. The van der Waals surface area contributed by atoms with Crippen LogP contribution in [0.1, 0.15) is 42.3 Å². The van der Waals surface area contributed by atoms with E-state index in [0.29, 0.717) is 22.2 Å². The van der Waals surface area contributed by atoms with Crippen LogP contribution in [-0.4, -0.2) is 25.1 Å². The summed E-state index contributed by atoms with van der Waals surface area (Å²) in [6.07, 6.45) is 0. The van der Waals surface area contributed by atoms with E-state index in [1.165, 1.54) is 16.9 Å². The molecule has 0 aliphatic carbocycles. The first-order chi connectivity index (χ1) is 13.7. The highest BCUT2D eigenvalue weighted by Gasteiger charge is 2.16. The lowest BCUT2D eigenvalue weighted by Crippen LogP contribution is -2.12. The largest absolute Gasteiger partial charge is 0.496 e. The number of carbonyl (C=O) groups excluding carboxylic acids is 1. The van der Waals surface area contributed by atoms with Gasteiger partial charge in [-0.05, 0) is 30.0 Å². The van der Waals surface area contributed by atoms with Crippen molar-refractivity contribution in [2.75, 3.05) is 19.5 Å². The Morgan fingerprint density at radius 2 is 1.62 bits per heavy atom. The van der Waals surface area contributed by atoms with Crippen LogP contribution >= 0.6 is 11.3 Å². The molecule has 3 rings (SSSR count). The quantitative estimate of drug-likeness (QED) is 0.587.